The molecule has 0 aromatic heterocycles. The molecule has 1 saturated carbocycles. The molecule has 5 fully saturated rings. The molecule has 0 amide bonds. The second-order valence-electron chi connectivity index (χ2n) is 11.8. The minimum Gasteiger partial charge on any atom is -0.506 e. The van der Waals surface area contributed by atoms with E-state index in [4.69, 9.17) is 37.9 Å². The molecule has 9 rings (SSSR count). The summed E-state index contributed by atoms with van der Waals surface area (Å²) in [5.41, 5.74) is 0.828. The van der Waals surface area contributed by atoms with Crippen molar-refractivity contribution in [2.75, 3.05) is 33.5 Å². The van der Waals surface area contributed by atoms with Gasteiger partial charge in [-0.05, 0) is 37.8 Å². The van der Waals surface area contributed by atoms with Crippen LogP contribution in [0.25, 0.3) is 10.8 Å². The third-order valence-corrected chi connectivity index (χ3v) is 10.1. The van der Waals surface area contributed by atoms with Crippen LogP contribution in [0.15, 0.2) is 18.7 Å². The second-order valence-corrected chi connectivity index (χ2v) is 11.8. The summed E-state index contributed by atoms with van der Waals surface area (Å²) in [6, 6.07) is 2.00. The fourth-order valence-electron chi connectivity index (χ4n) is 8.58. The van der Waals surface area contributed by atoms with Crippen molar-refractivity contribution < 1.29 is 47.8 Å². The minimum atomic E-state index is -1.38. The Hall–Kier alpha value is -2.73. The van der Waals surface area contributed by atoms with Crippen molar-refractivity contribution in [3.63, 3.8) is 0 Å². The van der Waals surface area contributed by atoms with E-state index in [9.17, 15) is 9.90 Å². The summed E-state index contributed by atoms with van der Waals surface area (Å²) in [7, 11) is 1.59. The average molecular weight is 551 g/mol. The lowest BCUT2D eigenvalue weighted by Crippen LogP contribution is -2.66. The van der Waals surface area contributed by atoms with E-state index >= 15 is 0 Å². The number of benzene rings is 2. The molecule has 6 atom stereocenters. The molecule has 2 aromatic carbocycles. The van der Waals surface area contributed by atoms with Crippen molar-refractivity contribution in [2.24, 2.45) is 0 Å². The smallest absolute Gasteiger partial charge is 0.272 e. The maximum Gasteiger partial charge on any atom is 0.272 e. The number of phenolic OH excluding ortho intramolecular Hbond substituents is 1. The van der Waals surface area contributed by atoms with Gasteiger partial charge in [0.25, 0.3) is 11.6 Å². The number of ketones is 1. The fourth-order valence-corrected chi connectivity index (χ4v) is 8.58. The van der Waals surface area contributed by atoms with Gasteiger partial charge in [0.05, 0.1) is 50.4 Å². The van der Waals surface area contributed by atoms with Gasteiger partial charge in [-0.15, -0.1) is 6.58 Å². The van der Waals surface area contributed by atoms with Crippen LogP contribution in [0.2, 0.25) is 0 Å². The number of aromatic hydroxyl groups is 1. The third-order valence-electron chi connectivity index (χ3n) is 10.1. The lowest BCUT2D eigenvalue weighted by molar-refractivity contribution is -0.332. The molecule has 210 valence electrons. The Labute approximate surface area is 230 Å². The van der Waals surface area contributed by atoms with E-state index in [0.717, 1.165) is 23.1 Å². The van der Waals surface area contributed by atoms with Crippen molar-refractivity contribution in [1.29, 1.82) is 0 Å². The Kier molecular flexibility index (Phi) is 4.40. The molecule has 4 saturated heterocycles. The van der Waals surface area contributed by atoms with Crippen molar-refractivity contribution in [1.82, 2.24) is 0 Å². The number of epoxide rings is 2. The SMILES string of the molecule is C=CCO[C@@]12Oc3c(c(C)cc4c(OC)c5c(c(O)c34)C(=O)CCC5)C3C1OC1(C4OCCCO4)OC31[C@]21CO1. The van der Waals surface area contributed by atoms with Gasteiger partial charge in [-0.1, -0.05) is 6.08 Å². The normalized spacial score (nSPS) is 40.0. The van der Waals surface area contributed by atoms with Crippen molar-refractivity contribution >= 4 is 16.6 Å². The van der Waals surface area contributed by atoms with Gasteiger partial charge in [0.2, 0.25) is 6.29 Å². The molecular formula is C30H30O10. The highest BCUT2D eigenvalue weighted by Gasteiger charge is 3.07. The average Bonchev–Trinajstić information content (AvgIpc) is 3.87. The summed E-state index contributed by atoms with van der Waals surface area (Å²) in [4.78, 5) is 13.1. The van der Waals surface area contributed by atoms with Crippen molar-refractivity contribution in [3.8, 4) is 17.2 Å². The van der Waals surface area contributed by atoms with Gasteiger partial charge < -0.3 is 43.0 Å². The maximum absolute atomic E-state index is 13.1. The molecule has 5 heterocycles. The van der Waals surface area contributed by atoms with Crippen LogP contribution < -0.4 is 9.47 Å². The van der Waals surface area contributed by atoms with Crippen LogP contribution in [-0.4, -0.2) is 79.6 Å². The first-order valence-electron chi connectivity index (χ1n) is 14.0. The number of aryl methyl sites for hydroxylation is 1. The minimum absolute atomic E-state index is 0.0922. The molecule has 1 N–H and O–H groups in total. The van der Waals surface area contributed by atoms with Crippen LogP contribution in [0.4, 0.5) is 0 Å². The van der Waals surface area contributed by atoms with Gasteiger partial charge in [-0.3, -0.25) is 4.79 Å². The number of Topliss-reactive ketones (excluding diaryl/α,β-unsaturated/α-hetero) is 1. The zero-order valence-corrected chi connectivity index (χ0v) is 22.4. The monoisotopic (exact) mass is 550 g/mol. The largest absolute Gasteiger partial charge is 0.506 e. The Morgan fingerprint density at radius 3 is 2.75 bits per heavy atom. The third kappa shape index (κ3) is 2.30. The standard InChI is InChI=1S/C30H30O10/c1-4-9-36-29-25-21(28(27(29)13-37-27)30(39-25,40-28)26-34-10-6-11-35-26)18-14(2)12-16-20(24(18)38-29)22(32)19-15(23(16)33-3)7-5-8-17(19)31/h4,12,21,25-26,32H,1,5-11,13H2,2-3H3/t21?,25?,27-,28?,29-,30?/m1/s1. The van der Waals surface area contributed by atoms with E-state index < -0.39 is 35.2 Å². The van der Waals surface area contributed by atoms with E-state index in [-0.39, 0.29) is 24.1 Å². The highest BCUT2D eigenvalue weighted by atomic mass is 16.9. The van der Waals surface area contributed by atoms with E-state index in [2.05, 4.69) is 6.58 Å². The summed E-state index contributed by atoms with van der Waals surface area (Å²) in [6.07, 6.45) is 2.86. The van der Waals surface area contributed by atoms with Crippen LogP contribution in [0.3, 0.4) is 0 Å². The van der Waals surface area contributed by atoms with Crippen LogP contribution >= 0.6 is 0 Å². The molecular weight excluding hydrogens is 520 g/mol. The molecule has 10 nitrogen and oxygen atoms in total. The van der Waals surface area contributed by atoms with Gasteiger partial charge >= 0.3 is 0 Å². The number of fused-ring (bicyclic) bond motifs is 5. The summed E-state index contributed by atoms with van der Waals surface area (Å²) in [5.74, 6) is -2.09. The van der Waals surface area contributed by atoms with Crippen molar-refractivity contribution in [3.05, 3.63) is 41.0 Å². The number of methoxy groups -OCH3 is 1. The number of carbonyl (C=O) groups excluding carboxylic acids is 1. The first-order chi connectivity index (χ1) is 19.4. The number of phenols is 1. The second kappa shape index (κ2) is 7.36. The lowest BCUT2D eigenvalue weighted by atomic mass is 9.78. The van der Waals surface area contributed by atoms with Crippen LogP contribution in [0.5, 0.6) is 17.2 Å². The molecule has 5 aliphatic heterocycles. The lowest BCUT2D eigenvalue weighted by Gasteiger charge is -2.44. The fraction of sp³-hybridized carbons (Fsp3) is 0.567. The van der Waals surface area contributed by atoms with E-state index in [0.29, 0.717) is 66.9 Å². The van der Waals surface area contributed by atoms with E-state index in [1.54, 1.807) is 13.2 Å². The number of hydrogen-bond acceptors (Lipinski definition) is 10. The van der Waals surface area contributed by atoms with Gasteiger partial charge in [-0.2, -0.15) is 0 Å². The Morgan fingerprint density at radius 1 is 1.23 bits per heavy atom. The van der Waals surface area contributed by atoms with E-state index in [1.165, 1.54) is 0 Å². The molecule has 0 radical (unpaired) electrons. The molecule has 2 aliphatic carbocycles. The number of ether oxygens (including phenoxy) is 8. The first kappa shape index (κ1) is 23.9. The molecule has 10 heteroatoms. The summed E-state index contributed by atoms with van der Waals surface area (Å²) in [6.45, 7) is 7.45. The molecule has 4 unspecified atom stereocenters. The number of carbonyl (C=O) groups is 1. The van der Waals surface area contributed by atoms with E-state index in [1.807, 2.05) is 13.0 Å². The molecule has 2 aromatic rings. The van der Waals surface area contributed by atoms with Gasteiger partial charge in [0.15, 0.2) is 17.0 Å². The topological polar surface area (TPSA) is 118 Å². The number of hydrogen-bond donors (Lipinski definition) is 1. The highest BCUT2D eigenvalue weighted by Crippen LogP contribution is 2.85. The van der Waals surface area contributed by atoms with Gasteiger partial charge in [0, 0.05) is 22.9 Å². The summed E-state index contributed by atoms with van der Waals surface area (Å²) < 4.78 is 51.0. The van der Waals surface area contributed by atoms with Gasteiger partial charge in [-0.25, -0.2) is 0 Å². The molecule has 4 bridgehead atoms. The predicted octanol–water partition coefficient (Wildman–Crippen LogP) is 3.17. The predicted molar refractivity (Wildman–Crippen MR) is 137 cm³/mol. The van der Waals surface area contributed by atoms with Crippen LogP contribution in [-0.2, 0) is 34.8 Å². The molecule has 2 spiro atoms. The zero-order chi connectivity index (χ0) is 27.2. The zero-order valence-electron chi connectivity index (χ0n) is 22.4. The molecule has 7 aliphatic rings. The number of rotatable bonds is 5. The molecule has 40 heavy (non-hydrogen) atoms. The quantitative estimate of drug-likeness (QED) is 0.439. The van der Waals surface area contributed by atoms with Crippen molar-refractivity contribution in [2.45, 2.75) is 73.7 Å². The Bertz CT molecular complexity index is 1540. The Balaban J connectivity index is 1.33. The highest BCUT2D eigenvalue weighted by molar-refractivity contribution is 6.11. The van der Waals surface area contributed by atoms with Crippen LogP contribution in [0.1, 0.15) is 52.2 Å². The van der Waals surface area contributed by atoms with Crippen LogP contribution in [0, 0.1) is 6.92 Å². The van der Waals surface area contributed by atoms with Gasteiger partial charge in [0.1, 0.15) is 23.4 Å². The summed E-state index contributed by atoms with van der Waals surface area (Å²) >= 11 is 0. The maximum atomic E-state index is 13.1. The first-order valence-corrected chi connectivity index (χ1v) is 14.0. The Morgan fingerprint density at radius 2 is 2.02 bits per heavy atom. The summed E-state index contributed by atoms with van der Waals surface area (Å²) in [5, 5.41) is 12.9.